The number of carbonyl (C=O) groups excluding carboxylic acids is 1. The second kappa shape index (κ2) is 8.79. The first-order valence-corrected chi connectivity index (χ1v) is 13.0. The Hall–Kier alpha value is -3.19. The largest absolute Gasteiger partial charge is 0.299 e. The van der Waals surface area contributed by atoms with E-state index in [-0.39, 0.29) is 11.8 Å². The summed E-state index contributed by atoms with van der Waals surface area (Å²) in [5.74, 6) is 1.13. The maximum absolute atomic E-state index is 14.0. The van der Waals surface area contributed by atoms with E-state index in [1.165, 1.54) is 48.7 Å². The number of hydrogen-bond acceptors (Lipinski definition) is 1. The van der Waals surface area contributed by atoms with Gasteiger partial charge in [-0.05, 0) is 103 Å². The number of hydrogen-bond donors (Lipinski definition) is 0. The molecule has 0 heterocycles. The van der Waals surface area contributed by atoms with E-state index >= 15 is 0 Å². The Morgan fingerprint density at radius 3 is 1.57 bits per heavy atom. The Bertz CT molecular complexity index is 1560. The van der Waals surface area contributed by atoms with Crippen LogP contribution in [0.1, 0.15) is 53.5 Å². The van der Waals surface area contributed by atoms with Gasteiger partial charge in [0.2, 0.25) is 0 Å². The van der Waals surface area contributed by atoms with Gasteiger partial charge in [-0.1, -0.05) is 84.0 Å². The second-order valence-corrected chi connectivity index (χ2v) is 11.3. The summed E-state index contributed by atoms with van der Waals surface area (Å²) < 4.78 is 0. The van der Waals surface area contributed by atoms with E-state index in [0.29, 0.717) is 18.1 Å². The minimum absolute atomic E-state index is 0.206. The van der Waals surface area contributed by atoms with E-state index in [1.54, 1.807) is 0 Å². The highest BCUT2D eigenvalue weighted by molar-refractivity contribution is 6.09. The van der Waals surface area contributed by atoms with Gasteiger partial charge in [-0.3, -0.25) is 4.79 Å². The third-order valence-corrected chi connectivity index (χ3v) is 7.98. The molecule has 0 fully saturated rings. The predicted octanol–water partition coefficient (Wildman–Crippen LogP) is 9.46. The Labute approximate surface area is 209 Å². The molecule has 0 N–H and O–H groups in total. The SMILES string of the molecule is CC(C)CC(=O)C(c1cccc2cc3cc4cc5ccccc5cc4cc3cc12)(C(C)C)C(C)C. The molecule has 0 amide bonds. The van der Waals surface area contributed by atoms with Crippen molar-refractivity contribution in [3.63, 3.8) is 0 Å². The highest BCUT2D eigenvalue weighted by Crippen LogP contribution is 2.45. The molecule has 0 atom stereocenters. The summed E-state index contributed by atoms with van der Waals surface area (Å²) in [6.45, 7) is 13.2. The lowest BCUT2D eigenvalue weighted by atomic mass is 9.60. The summed E-state index contributed by atoms with van der Waals surface area (Å²) in [4.78, 5) is 14.0. The van der Waals surface area contributed by atoms with Crippen molar-refractivity contribution in [1.82, 2.24) is 0 Å². The Morgan fingerprint density at radius 2 is 1.06 bits per heavy atom. The lowest BCUT2D eigenvalue weighted by Gasteiger charge is -2.42. The summed E-state index contributed by atoms with van der Waals surface area (Å²) in [5, 5.41) is 9.93. The molecule has 0 aliphatic carbocycles. The van der Waals surface area contributed by atoms with E-state index in [9.17, 15) is 4.79 Å². The lowest BCUT2D eigenvalue weighted by molar-refractivity contribution is -0.129. The molecular weight excluding hydrogens is 424 g/mol. The summed E-state index contributed by atoms with van der Waals surface area (Å²) in [7, 11) is 0. The van der Waals surface area contributed by atoms with Crippen molar-refractivity contribution in [2.45, 2.75) is 53.4 Å². The van der Waals surface area contributed by atoms with Crippen LogP contribution in [0.25, 0.3) is 43.1 Å². The molecular formula is C34H36O. The van der Waals surface area contributed by atoms with Gasteiger partial charge in [0, 0.05) is 6.42 Å². The van der Waals surface area contributed by atoms with Gasteiger partial charge in [0.15, 0.2) is 0 Å². The first-order valence-electron chi connectivity index (χ1n) is 13.0. The van der Waals surface area contributed by atoms with Crippen LogP contribution < -0.4 is 0 Å². The van der Waals surface area contributed by atoms with E-state index in [0.717, 1.165) is 0 Å². The fourth-order valence-electron chi connectivity index (χ4n) is 6.45. The molecule has 0 unspecified atom stereocenters. The smallest absolute Gasteiger partial charge is 0.144 e. The maximum atomic E-state index is 14.0. The fraction of sp³-hybridized carbons (Fsp3) is 0.324. The predicted molar refractivity (Wildman–Crippen MR) is 152 cm³/mol. The van der Waals surface area contributed by atoms with Crippen LogP contribution in [0, 0.1) is 17.8 Å². The molecule has 5 aromatic rings. The summed E-state index contributed by atoms with van der Waals surface area (Å²) in [6.07, 6.45) is 0.609. The maximum Gasteiger partial charge on any atom is 0.144 e. The van der Waals surface area contributed by atoms with Crippen LogP contribution >= 0.6 is 0 Å². The van der Waals surface area contributed by atoms with E-state index < -0.39 is 5.41 Å². The minimum Gasteiger partial charge on any atom is -0.299 e. The van der Waals surface area contributed by atoms with Gasteiger partial charge >= 0.3 is 0 Å². The summed E-state index contributed by atoms with van der Waals surface area (Å²) in [5.41, 5.74) is 0.677. The third kappa shape index (κ3) is 3.82. The minimum atomic E-state index is -0.509. The Balaban J connectivity index is 1.80. The molecule has 0 saturated heterocycles. The average molecular weight is 461 g/mol. The first-order chi connectivity index (χ1) is 16.7. The molecule has 0 saturated carbocycles. The molecule has 0 aliphatic heterocycles. The van der Waals surface area contributed by atoms with Crippen LogP contribution in [0.4, 0.5) is 0 Å². The molecule has 0 aliphatic rings. The number of carbonyl (C=O) groups is 1. The van der Waals surface area contributed by atoms with Gasteiger partial charge in [0.25, 0.3) is 0 Å². The lowest BCUT2D eigenvalue weighted by Crippen LogP contribution is -2.46. The van der Waals surface area contributed by atoms with Crippen molar-refractivity contribution >= 4 is 48.9 Å². The van der Waals surface area contributed by atoms with Crippen LogP contribution in [0.15, 0.2) is 78.9 Å². The average Bonchev–Trinajstić information content (AvgIpc) is 2.79. The molecule has 5 aromatic carbocycles. The number of benzene rings is 5. The van der Waals surface area contributed by atoms with Crippen molar-refractivity contribution in [2.75, 3.05) is 0 Å². The number of rotatable bonds is 6. The van der Waals surface area contributed by atoms with Crippen LogP contribution in [0.3, 0.4) is 0 Å². The van der Waals surface area contributed by atoms with Crippen molar-refractivity contribution < 1.29 is 4.79 Å². The Morgan fingerprint density at radius 1 is 0.600 bits per heavy atom. The van der Waals surface area contributed by atoms with Crippen molar-refractivity contribution in [3.8, 4) is 0 Å². The van der Waals surface area contributed by atoms with Gasteiger partial charge in [0.05, 0.1) is 5.41 Å². The van der Waals surface area contributed by atoms with E-state index in [1.807, 2.05) is 0 Å². The zero-order chi connectivity index (χ0) is 24.9. The zero-order valence-electron chi connectivity index (χ0n) is 21.9. The van der Waals surface area contributed by atoms with Crippen molar-refractivity contribution in [2.24, 2.45) is 17.8 Å². The Kier molecular flexibility index (Phi) is 5.91. The van der Waals surface area contributed by atoms with Crippen LogP contribution in [-0.4, -0.2) is 5.78 Å². The standard InChI is InChI=1S/C34H36O/c1-21(2)14-33(35)34(22(3)4,23(5)6)32-13-9-12-26-17-29-18-27-15-24-10-7-8-11-25(24)16-28(27)19-30(29)20-31(26)32/h7-13,15-23H,14H2,1-6H3. The summed E-state index contributed by atoms with van der Waals surface area (Å²) in [6, 6.07) is 28.9. The van der Waals surface area contributed by atoms with Crippen LogP contribution in [0.2, 0.25) is 0 Å². The van der Waals surface area contributed by atoms with Gasteiger partial charge in [-0.2, -0.15) is 0 Å². The highest BCUT2D eigenvalue weighted by atomic mass is 16.1. The van der Waals surface area contributed by atoms with Gasteiger partial charge in [-0.15, -0.1) is 0 Å². The van der Waals surface area contributed by atoms with Gasteiger partial charge < -0.3 is 0 Å². The quantitative estimate of drug-likeness (QED) is 0.231. The van der Waals surface area contributed by atoms with Crippen LogP contribution in [-0.2, 0) is 10.2 Å². The van der Waals surface area contributed by atoms with E-state index in [4.69, 9.17) is 0 Å². The third-order valence-electron chi connectivity index (χ3n) is 7.98. The molecule has 0 bridgehead atoms. The molecule has 1 heteroatoms. The number of ketones is 1. The molecule has 5 rings (SSSR count). The topological polar surface area (TPSA) is 17.1 Å². The van der Waals surface area contributed by atoms with Gasteiger partial charge in [-0.25, -0.2) is 0 Å². The molecule has 0 spiro atoms. The highest BCUT2D eigenvalue weighted by Gasteiger charge is 2.46. The number of Topliss-reactive ketones (excluding diaryl/α,β-unsaturated/α-hetero) is 1. The van der Waals surface area contributed by atoms with E-state index in [2.05, 4.69) is 120 Å². The monoisotopic (exact) mass is 460 g/mol. The first kappa shape index (κ1) is 23.5. The second-order valence-electron chi connectivity index (χ2n) is 11.3. The normalized spacial score (nSPS) is 12.7. The molecule has 35 heavy (non-hydrogen) atoms. The molecule has 0 radical (unpaired) electrons. The molecule has 178 valence electrons. The zero-order valence-corrected chi connectivity index (χ0v) is 21.9. The van der Waals surface area contributed by atoms with Crippen molar-refractivity contribution in [3.05, 3.63) is 84.4 Å². The molecule has 0 aromatic heterocycles. The molecule has 1 nitrogen and oxygen atoms in total. The van der Waals surface area contributed by atoms with Crippen molar-refractivity contribution in [1.29, 1.82) is 0 Å². The number of fused-ring (bicyclic) bond motifs is 4. The fourth-order valence-corrected chi connectivity index (χ4v) is 6.45. The summed E-state index contributed by atoms with van der Waals surface area (Å²) >= 11 is 0. The van der Waals surface area contributed by atoms with Gasteiger partial charge in [0.1, 0.15) is 5.78 Å². The van der Waals surface area contributed by atoms with Crippen LogP contribution in [0.5, 0.6) is 0 Å².